The standard InChI is InChI=1S/C28H21N3/c1-28(2)22-10-5-3-8-20(22)26-25(28)24(21-9-4-6-11-23(21)31-26)18-12-14-19(15-13-18)27-29-16-7-17-30-27/h3-17H,1-2H3. The van der Waals surface area contributed by atoms with Gasteiger partial charge in [-0.3, -0.25) is 0 Å². The van der Waals surface area contributed by atoms with E-state index >= 15 is 0 Å². The number of aromatic nitrogens is 3. The number of hydrogen-bond donors (Lipinski definition) is 0. The molecule has 0 bridgehead atoms. The van der Waals surface area contributed by atoms with Crippen molar-refractivity contribution in [3.63, 3.8) is 0 Å². The second-order valence-corrected chi connectivity index (χ2v) is 8.55. The SMILES string of the molecule is CC1(C)c2ccccc2-c2nc3ccccc3c(-c3ccc(-c4ncccn4)cc3)c21. The third kappa shape index (κ3) is 2.63. The zero-order chi connectivity index (χ0) is 21.0. The zero-order valence-corrected chi connectivity index (χ0v) is 17.5. The number of hydrogen-bond acceptors (Lipinski definition) is 3. The Balaban J connectivity index is 1.64. The number of nitrogens with zero attached hydrogens (tertiary/aromatic N) is 3. The van der Waals surface area contributed by atoms with Crippen molar-refractivity contribution in [1.82, 2.24) is 15.0 Å². The summed E-state index contributed by atoms with van der Waals surface area (Å²) >= 11 is 0. The molecule has 0 amide bonds. The van der Waals surface area contributed by atoms with E-state index in [4.69, 9.17) is 4.98 Å². The number of pyridine rings is 1. The average molecular weight is 399 g/mol. The van der Waals surface area contributed by atoms with E-state index in [1.165, 1.54) is 33.2 Å². The predicted molar refractivity (Wildman–Crippen MR) is 126 cm³/mol. The molecule has 148 valence electrons. The second kappa shape index (κ2) is 6.58. The molecule has 31 heavy (non-hydrogen) atoms. The van der Waals surface area contributed by atoms with Gasteiger partial charge in [-0.1, -0.05) is 80.6 Å². The average Bonchev–Trinajstić information content (AvgIpc) is 3.05. The van der Waals surface area contributed by atoms with Crippen molar-refractivity contribution in [3.05, 3.63) is 102 Å². The van der Waals surface area contributed by atoms with Crippen LogP contribution in [0, 0.1) is 0 Å². The van der Waals surface area contributed by atoms with E-state index in [2.05, 4.69) is 96.6 Å². The van der Waals surface area contributed by atoms with Crippen molar-refractivity contribution in [3.8, 4) is 33.8 Å². The lowest BCUT2D eigenvalue weighted by atomic mass is 9.78. The van der Waals surface area contributed by atoms with Gasteiger partial charge < -0.3 is 0 Å². The van der Waals surface area contributed by atoms with Gasteiger partial charge in [-0.15, -0.1) is 0 Å². The molecule has 6 rings (SSSR count). The molecule has 0 radical (unpaired) electrons. The molecule has 0 aliphatic heterocycles. The Morgan fingerprint density at radius 3 is 2.16 bits per heavy atom. The first-order valence-corrected chi connectivity index (χ1v) is 10.6. The van der Waals surface area contributed by atoms with Gasteiger partial charge in [-0.05, 0) is 34.4 Å². The minimum absolute atomic E-state index is 0.125. The van der Waals surface area contributed by atoms with E-state index in [1.807, 2.05) is 6.07 Å². The number of benzene rings is 3. The molecule has 0 fully saturated rings. The van der Waals surface area contributed by atoms with E-state index < -0.39 is 0 Å². The van der Waals surface area contributed by atoms with Gasteiger partial charge in [0.25, 0.3) is 0 Å². The lowest BCUT2D eigenvalue weighted by molar-refractivity contribution is 0.662. The summed E-state index contributed by atoms with van der Waals surface area (Å²) < 4.78 is 0. The Bertz CT molecular complexity index is 1440. The monoisotopic (exact) mass is 399 g/mol. The molecule has 3 heteroatoms. The maximum atomic E-state index is 5.12. The maximum Gasteiger partial charge on any atom is 0.159 e. The maximum absolute atomic E-state index is 5.12. The van der Waals surface area contributed by atoms with Crippen LogP contribution in [-0.4, -0.2) is 15.0 Å². The minimum atomic E-state index is -0.125. The molecule has 0 saturated heterocycles. The summed E-state index contributed by atoms with van der Waals surface area (Å²) in [4.78, 5) is 13.9. The van der Waals surface area contributed by atoms with Crippen molar-refractivity contribution in [1.29, 1.82) is 0 Å². The van der Waals surface area contributed by atoms with E-state index in [1.54, 1.807) is 12.4 Å². The third-order valence-electron chi connectivity index (χ3n) is 6.37. The molecule has 3 aromatic carbocycles. The van der Waals surface area contributed by atoms with Gasteiger partial charge in [0, 0.05) is 34.3 Å². The first-order chi connectivity index (χ1) is 15.1. The van der Waals surface area contributed by atoms with Crippen molar-refractivity contribution < 1.29 is 0 Å². The fraction of sp³-hybridized carbons (Fsp3) is 0.107. The van der Waals surface area contributed by atoms with Crippen LogP contribution in [-0.2, 0) is 5.41 Å². The number of rotatable bonds is 2. The summed E-state index contributed by atoms with van der Waals surface area (Å²) in [7, 11) is 0. The van der Waals surface area contributed by atoms with E-state index in [-0.39, 0.29) is 5.41 Å². The van der Waals surface area contributed by atoms with Gasteiger partial charge in [-0.25, -0.2) is 15.0 Å². The van der Waals surface area contributed by atoms with Gasteiger partial charge in [0.2, 0.25) is 0 Å². The largest absolute Gasteiger partial charge is 0.247 e. The number of para-hydroxylation sites is 1. The van der Waals surface area contributed by atoms with Crippen molar-refractivity contribution in [2.45, 2.75) is 19.3 Å². The molecule has 1 aliphatic rings. The molecule has 3 nitrogen and oxygen atoms in total. The fourth-order valence-corrected chi connectivity index (χ4v) is 4.92. The Morgan fingerprint density at radius 2 is 1.35 bits per heavy atom. The minimum Gasteiger partial charge on any atom is -0.247 e. The van der Waals surface area contributed by atoms with Crippen LogP contribution < -0.4 is 0 Å². The highest BCUT2D eigenvalue weighted by Gasteiger charge is 2.39. The normalized spacial score (nSPS) is 13.7. The van der Waals surface area contributed by atoms with Crippen LogP contribution in [0.3, 0.4) is 0 Å². The number of fused-ring (bicyclic) bond motifs is 4. The lowest BCUT2D eigenvalue weighted by Crippen LogP contribution is -2.16. The summed E-state index contributed by atoms with van der Waals surface area (Å²) in [6, 6.07) is 27.6. The van der Waals surface area contributed by atoms with E-state index in [0.29, 0.717) is 0 Å². The molecule has 0 N–H and O–H groups in total. The van der Waals surface area contributed by atoms with Gasteiger partial charge >= 0.3 is 0 Å². The third-order valence-corrected chi connectivity index (χ3v) is 6.37. The van der Waals surface area contributed by atoms with Crippen LogP contribution in [0.2, 0.25) is 0 Å². The molecule has 2 aromatic heterocycles. The first kappa shape index (κ1) is 18.0. The van der Waals surface area contributed by atoms with Crippen LogP contribution in [0.15, 0.2) is 91.3 Å². The van der Waals surface area contributed by atoms with Crippen LogP contribution in [0.1, 0.15) is 25.0 Å². The second-order valence-electron chi connectivity index (χ2n) is 8.55. The van der Waals surface area contributed by atoms with Gasteiger partial charge in [0.15, 0.2) is 5.82 Å². The van der Waals surface area contributed by atoms with Crippen molar-refractivity contribution in [2.75, 3.05) is 0 Å². The predicted octanol–water partition coefficient (Wildman–Crippen LogP) is 6.67. The Labute approximate surface area is 181 Å². The van der Waals surface area contributed by atoms with E-state index in [0.717, 1.165) is 22.6 Å². The quantitative estimate of drug-likeness (QED) is 0.333. The molecule has 5 aromatic rings. The molecule has 2 heterocycles. The van der Waals surface area contributed by atoms with Crippen LogP contribution in [0.25, 0.3) is 44.7 Å². The molecule has 0 spiro atoms. The molecule has 1 aliphatic carbocycles. The van der Waals surface area contributed by atoms with Crippen LogP contribution in [0.5, 0.6) is 0 Å². The van der Waals surface area contributed by atoms with Crippen LogP contribution >= 0.6 is 0 Å². The van der Waals surface area contributed by atoms with Crippen molar-refractivity contribution >= 4 is 10.9 Å². The molecule has 0 unspecified atom stereocenters. The van der Waals surface area contributed by atoms with Gasteiger partial charge in [0.05, 0.1) is 11.2 Å². The highest BCUT2D eigenvalue weighted by atomic mass is 14.8. The topological polar surface area (TPSA) is 38.7 Å². The summed E-state index contributed by atoms with van der Waals surface area (Å²) in [5.74, 6) is 0.742. The highest BCUT2D eigenvalue weighted by Crippen LogP contribution is 2.53. The first-order valence-electron chi connectivity index (χ1n) is 10.6. The lowest BCUT2D eigenvalue weighted by Gasteiger charge is -2.25. The summed E-state index contributed by atoms with van der Waals surface area (Å²) in [6.45, 7) is 4.62. The Hall–Kier alpha value is -3.85. The zero-order valence-electron chi connectivity index (χ0n) is 17.5. The Morgan fingerprint density at radius 1 is 0.677 bits per heavy atom. The van der Waals surface area contributed by atoms with Crippen molar-refractivity contribution in [2.24, 2.45) is 0 Å². The summed E-state index contributed by atoms with van der Waals surface area (Å²) in [5.41, 5.74) is 9.35. The Kier molecular flexibility index (Phi) is 3.81. The highest BCUT2D eigenvalue weighted by molar-refractivity contribution is 6.02. The smallest absolute Gasteiger partial charge is 0.159 e. The molecule has 0 saturated carbocycles. The summed E-state index contributed by atoms with van der Waals surface area (Å²) in [5, 5.41) is 1.19. The molecule has 0 atom stereocenters. The molecular formula is C28H21N3. The van der Waals surface area contributed by atoms with Crippen LogP contribution in [0.4, 0.5) is 0 Å². The summed E-state index contributed by atoms with van der Waals surface area (Å²) in [6.07, 6.45) is 3.55. The fourth-order valence-electron chi connectivity index (χ4n) is 4.92. The molecular weight excluding hydrogens is 378 g/mol. The van der Waals surface area contributed by atoms with E-state index in [9.17, 15) is 0 Å². The van der Waals surface area contributed by atoms with Gasteiger partial charge in [0.1, 0.15) is 0 Å². The van der Waals surface area contributed by atoms with Gasteiger partial charge in [-0.2, -0.15) is 0 Å².